The fourth-order valence-electron chi connectivity index (χ4n) is 3.38. The maximum absolute atomic E-state index is 12.6. The minimum Gasteiger partial charge on any atom is -0.493 e. The lowest BCUT2D eigenvalue weighted by Crippen LogP contribution is -2.40. The third-order valence-electron chi connectivity index (χ3n) is 4.81. The van der Waals surface area contributed by atoms with Crippen molar-refractivity contribution >= 4 is 39.3 Å². The van der Waals surface area contributed by atoms with Gasteiger partial charge in [-0.05, 0) is 59.1 Å². The molecule has 1 amide bonds. The molecular formula is C20H23BrClN3O3. The van der Waals surface area contributed by atoms with Crippen LogP contribution >= 0.6 is 27.5 Å². The number of benzene rings is 1. The zero-order valence-corrected chi connectivity index (χ0v) is 18.2. The van der Waals surface area contributed by atoms with E-state index in [-0.39, 0.29) is 11.8 Å². The van der Waals surface area contributed by atoms with Crippen molar-refractivity contribution in [2.75, 3.05) is 32.6 Å². The van der Waals surface area contributed by atoms with E-state index in [0.29, 0.717) is 28.9 Å². The van der Waals surface area contributed by atoms with Crippen molar-refractivity contribution in [1.29, 1.82) is 0 Å². The summed E-state index contributed by atoms with van der Waals surface area (Å²) in [4.78, 5) is 19.1. The van der Waals surface area contributed by atoms with Crippen LogP contribution in [0.1, 0.15) is 18.4 Å². The van der Waals surface area contributed by atoms with Gasteiger partial charge in [0.1, 0.15) is 5.82 Å². The topological polar surface area (TPSA) is 63.7 Å². The number of aromatic nitrogens is 1. The molecule has 1 fully saturated rings. The molecule has 1 saturated heterocycles. The molecule has 1 N–H and O–H groups in total. The van der Waals surface area contributed by atoms with Crippen LogP contribution in [0.25, 0.3) is 0 Å². The molecule has 150 valence electrons. The molecule has 28 heavy (non-hydrogen) atoms. The number of carbonyl (C=O) groups excluding carboxylic acids is 1. The second-order valence-corrected chi connectivity index (χ2v) is 7.93. The van der Waals surface area contributed by atoms with E-state index in [2.05, 4.69) is 31.1 Å². The Kier molecular flexibility index (Phi) is 7.15. The monoisotopic (exact) mass is 467 g/mol. The third-order valence-corrected chi connectivity index (χ3v) is 5.91. The minimum atomic E-state index is -0.0786. The van der Waals surface area contributed by atoms with Gasteiger partial charge >= 0.3 is 0 Å². The smallest absolute Gasteiger partial charge is 0.229 e. The zero-order valence-electron chi connectivity index (χ0n) is 15.9. The van der Waals surface area contributed by atoms with E-state index in [1.807, 2.05) is 12.1 Å². The molecule has 1 unspecified atom stereocenters. The lowest BCUT2D eigenvalue weighted by Gasteiger charge is -2.32. The molecule has 0 saturated carbocycles. The summed E-state index contributed by atoms with van der Waals surface area (Å²) < 4.78 is 11.7. The molecule has 2 heterocycles. The number of ether oxygens (including phenoxy) is 2. The molecule has 6 nitrogen and oxygen atoms in total. The lowest BCUT2D eigenvalue weighted by atomic mass is 9.96. The number of piperidine rings is 1. The summed E-state index contributed by atoms with van der Waals surface area (Å²) in [6.07, 6.45) is 3.36. The normalized spacial score (nSPS) is 17.2. The van der Waals surface area contributed by atoms with E-state index in [4.69, 9.17) is 21.1 Å². The standard InChI is InChI=1S/C20H23BrClN3O3/c1-27-16-7-5-13(18(21)19(16)28-2)11-25-9-3-4-14(12-25)20(26)24-17-8-6-15(22)10-23-17/h5-8,10,14H,3-4,9,11-12H2,1-2H3,(H,23,24,26). The first-order valence-electron chi connectivity index (χ1n) is 9.06. The number of rotatable bonds is 6. The molecule has 1 aromatic heterocycles. The van der Waals surface area contributed by atoms with Gasteiger partial charge in [-0.1, -0.05) is 17.7 Å². The summed E-state index contributed by atoms with van der Waals surface area (Å²) in [5.74, 6) is 1.80. The van der Waals surface area contributed by atoms with Gasteiger partial charge < -0.3 is 14.8 Å². The molecule has 3 rings (SSSR count). The quantitative estimate of drug-likeness (QED) is 0.682. The minimum absolute atomic E-state index is 0.00843. The number of amides is 1. The number of nitrogens with zero attached hydrogens (tertiary/aromatic N) is 2. The fraction of sp³-hybridized carbons (Fsp3) is 0.400. The Hall–Kier alpha value is -1.83. The van der Waals surface area contributed by atoms with Gasteiger partial charge in [0.05, 0.1) is 29.6 Å². The molecule has 2 aromatic rings. The van der Waals surface area contributed by atoms with Crippen LogP contribution in [0.3, 0.4) is 0 Å². The number of nitrogens with one attached hydrogen (secondary N) is 1. The van der Waals surface area contributed by atoms with Gasteiger partial charge in [0, 0.05) is 19.3 Å². The maximum atomic E-state index is 12.6. The Bertz CT molecular complexity index is 832. The summed E-state index contributed by atoms with van der Waals surface area (Å²) in [6.45, 7) is 2.37. The van der Waals surface area contributed by atoms with Gasteiger partial charge in [-0.25, -0.2) is 4.98 Å². The predicted octanol–water partition coefficient (Wildman–Crippen LogP) is 4.37. The average molecular weight is 469 g/mol. The number of anilines is 1. The van der Waals surface area contributed by atoms with Crippen LogP contribution in [0.15, 0.2) is 34.9 Å². The first kappa shape index (κ1) is 20.9. The second-order valence-electron chi connectivity index (χ2n) is 6.70. The van der Waals surface area contributed by atoms with Crippen molar-refractivity contribution in [2.24, 2.45) is 5.92 Å². The van der Waals surface area contributed by atoms with Crippen LogP contribution in [-0.4, -0.2) is 43.1 Å². The Labute approximate surface area is 178 Å². The summed E-state index contributed by atoms with van der Waals surface area (Å²) in [5.41, 5.74) is 1.10. The van der Waals surface area contributed by atoms with Gasteiger partial charge in [-0.15, -0.1) is 0 Å². The molecule has 0 aliphatic carbocycles. The van der Waals surface area contributed by atoms with Crippen LogP contribution in [-0.2, 0) is 11.3 Å². The summed E-state index contributed by atoms with van der Waals surface area (Å²) >= 11 is 9.47. The Morgan fingerprint density at radius 2 is 2.14 bits per heavy atom. The van der Waals surface area contributed by atoms with Gasteiger partial charge in [0.15, 0.2) is 11.5 Å². The van der Waals surface area contributed by atoms with E-state index in [1.165, 1.54) is 6.20 Å². The summed E-state index contributed by atoms with van der Waals surface area (Å²) in [7, 11) is 3.24. The van der Waals surface area contributed by atoms with Crippen molar-refractivity contribution in [3.8, 4) is 11.5 Å². The number of pyridine rings is 1. The highest BCUT2D eigenvalue weighted by atomic mass is 79.9. The molecule has 0 bridgehead atoms. The van der Waals surface area contributed by atoms with Crippen LogP contribution in [0.5, 0.6) is 11.5 Å². The van der Waals surface area contributed by atoms with E-state index >= 15 is 0 Å². The van der Waals surface area contributed by atoms with Gasteiger partial charge in [-0.3, -0.25) is 9.69 Å². The highest BCUT2D eigenvalue weighted by Gasteiger charge is 2.27. The summed E-state index contributed by atoms with van der Waals surface area (Å²) in [6, 6.07) is 7.35. The van der Waals surface area contributed by atoms with Gasteiger partial charge in [0.2, 0.25) is 5.91 Å². The number of hydrogen-bond donors (Lipinski definition) is 1. The van der Waals surface area contributed by atoms with E-state index in [1.54, 1.807) is 26.4 Å². The molecule has 0 radical (unpaired) electrons. The Morgan fingerprint density at radius 3 is 2.82 bits per heavy atom. The molecule has 1 aliphatic heterocycles. The average Bonchev–Trinajstić information content (AvgIpc) is 2.71. The number of carbonyl (C=O) groups is 1. The highest BCUT2D eigenvalue weighted by molar-refractivity contribution is 9.10. The second kappa shape index (κ2) is 9.58. The van der Waals surface area contributed by atoms with Crippen LogP contribution in [0.4, 0.5) is 5.82 Å². The first-order chi connectivity index (χ1) is 13.5. The third kappa shape index (κ3) is 4.96. The van der Waals surface area contributed by atoms with Gasteiger partial charge in [-0.2, -0.15) is 0 Å². The largest absolute Gasteiger partial charge is 0.493 e. The molecule has 8 heteroatoms. The first-order valence-corrected chi connectivity index (χ1v) is 10.2. The van der Waals surface area contributed by atoms with Gasteiger partial charge in [0.25, 0.3) is 0 Å². The number of methoxy groups -OCH3 is 2. The summed E-state index contributed by atoms with van der Waals surface area (Å²) in [5, 5.41) is 3.43. The van der Waals surface area contributed by atoms with Crippen LogP contribution in [0, 0.1) is 5.92 Å². The zero-order chi connectivity index (χ0) is 20.1. The van der Waals surface area contributed by atoms with Crippen molar-refractivity contribution in [3.63, 3.8) is 0 Å². The van der Waals surface area contributed by atoms with Crippen molar-refractivity contribution in [1.82, 2.24) is 9.88 Å². The molecule has 1 aromatic carbocycles. The van der Waals surface area contributed by atoms with E-state index in [9.17, 15) is 4.79 Å². The lowest BCUT2D eigenvalue weighted by molar-refractivity contribution is -0.121. The van der Waals surface area contributed by atoms with Crippen LogP contribution < -0.4 is 14.8 Å². The number of halogens is 2. The highest BCUT2D eigenvalue weighted by Crippen LogP contribution is 2.38. The number of hydrogen-bond acceptors (Lipinski definition) is 5. The fourth-order valence-corrected chi connectivity index (χ4v) is 4.11. The SMILES string of the molecule is COc1ccc(CN2CCCC(C(=O)Nc3ccc(Cl)cn3)C2)c(Br)c1OC. The number of likely N-dealkylation sites (tertiary alicyclic amines) is 1. The molecule has 0 spiro atoms. The molecular weight excluding hydrogens is 446 g/mol. The van der Waals surface area contributed by atoms with Crippen molar-refractivity contribution < 1.29 is 14.3 Å². The van der Waals surface area contributed by atoms with Crippen molar-refractivity contribution in [3.05, 3.63) is 45.5 Å². The molecule has 1 aliphatic rings. The molecule has 1 atom stereocenters. The van der Waals surface area contributed by atoms with E-state index < -0.39 is 0 Å². The van der Waals surface area contributed by atoms with E-state index in [0.717, 1.165) is 36.0 Å². The Balaban J connectivity index is 1.65. The predicted molar refractivity (Wildman–Crippen MR) is 113 cm³/mol. The maximum Gasteiger partial charge on any atom is 0.229 e. The van der Waals surface area contributed by atoms with Crippen molar-refractivity contribution in [2.45, 2.75) is 19.4 Å². The van der Waals surface area contributed by atoms with Crippen LogP contribution in [0.2, 0.25) is 5.02 Å². The Morgan fingerprint density at radius 1 is 1.32 bits per heavy atom.